The molecule has 4 N–H and O–H groups in total. The van der Waals surface area contributed by atoms with Gasteiger partial charge in [-0.2, -0.15) is 0 Å². The van der Waals surface area contributed by atoms with E-state index in [-0.39, 0.29) is 6.54 Å². The summed E-state index contributed by atoms with van der Waals surface area (Å²) >= 11 is 0. The molecule has 4 nitrogen and oxygen atoms in total. The molecule has 17 heavy (non-hydrogen) atoms. The molecule has 4 heteroatoms. The summed E-state index contributed by atoms with van der Waals surface area (Å²) in [5.74, 6) is 0.517. The van der Waals surface area contributed by atoms with Crippen LogP contribution in [0.15, 0.2) is 24.4 Å². The highest BCUT2D eigenvalue weighted by molar-refractivity contribution is 5.63. The van der Waals surface area contributed by atoms with Crippen molar-refractivity contribution in [1.29, 1.82) is 0 Å². The number of nitrogens with two attached hydrogens (primary N) is 1. The Morgan fingerprint density at radius 3 is 2.88 bits per heavy atom. The number of nitrogens with zero attached hydrogens (tertiary/aromatic N) is 1. The van der Waals surface area contributed by atoms with E-state index in [2.05, 4.69) is 42.0 Å². The van der Waals surface area contributed by atoms with Crippen molar-refractivity contribution in [3.8, 4) is 11.3 Å². The minimum absolute atomic E-state index is 0.166. The number of aromatic nitrogens is 2. The SMILES string of the molecule is Cc1ccc(C)c(-c2cnc(C(O)CN)[nH]2)c1. The number of hydrogen-bond donors (Lipinski definition) is 3. The summed E-state index contributed by atoms with van der Waals surface area (Å²) < 4.78 is 0. The molecule has 2 aromatic rings. The number of rotatable bonds is 3. The first kappa shape index (κ1) is 11.8. The standard InChI is InChI=1S/C13H17N3O/c1-8-3-4-9(2)10(5-8)11-7-15-13(16-11)12(17)6-14/h3-5,7,12,17H,6,14H2,1-2H3,(H,15,16). The summed E-state index contributed by atoms with van der Waals surface area (Å²) in [6, 6.07) is 6.25. The maximum atomic E-state index is 9.59. The summed E-state index contributed by atoms with van der Waals surface area (Å²) in [6.45, 7) is 4.27. The van der Waals surface area contributed by atoms with Crippen LogP contribution in [0.2, 0.25) is 0 Å². The van der Waals surface area contributed by atoms with Crippen LogP contribution >= 0.6 is 0 Å². The van der Waals surface area contributed by atoms with Crippen LogP contribution in [0.5, 0.6) is 0 Å². The second kappa shape index (κ2) is 4.69. The maximum absolute atomic E-state index is 9.59. The first-order chi connectivity index (χ1) is 8.11. The second-order valence-electron chi connectivity index (χ2n) is 4.25. The highest BCUT2D eigenvalue weighted by Crippen LogP contribution is 2.23. The van der Waals surface area contributed by atoms with Crippen LogP contribution in [0.3, 0.4) is 0 Å². The molecule has 0 saturated heterocycles. The fourth-order valence-electron chi connectivity index (χ4n) is 1.78. The lowest BCUT2D eigenvalue weighted by Crippen LogP contribution is -2.12. The first-order valence-electron chi connectivity index (χ1n) is 5.62. The van der Waals surface area contributed by atoms with Gasteiger partial charge in [0.25, 0.3) is 0 Å². The summed E-state index contributed by atoms with van der Waals surface area (Å²) in [4.78, 5) is 7.26. The van der Waals surface area contributed by atoms with E-state index < -0.39 is 6.10 Å². The molecule has 1 atom stereocenters. The van der Waals surface area contributed by atoms with Crippen LogP contribution < -0.4 is 5.73 Å². The zero-order valence-corrected chi connectivity index (χ0v) is 10.1. The Kier molecular flexibility index (Phi) is 3.26. The zero-order valence-electron chi connectivity index (χ0n) is 10.1. The van der Waals surface area contributed by atoms with Gasteiger partial charge in [-0.05, 0) is 25.5 Å². The molecule has 1 heterocycles. The molecular formula is C13H17N3O. The van der Waals surface area contributed by atoms with Crippen LogP contribution in [-0.4, -0.2) is 21.6 Å². The van der Waals surface area contributed by atoms with Gasteiger partial charge in [-0.3, -0.25) is 0 Å². The normalized spacial score (nSPS) is 12.7. The summed E-state index contributed by atoms with van der Waals surface area (Å²) in [5, 5.41) is 9.59. The van der Waals surface area contributed by atoms with Crippen LogP contribution in [0, 0.1) is 13.8 Å². The Balaban J connectivity index is 2.40. The maximum Gasteiger partial charge on any atom is 0.136 e. The molecule has 0 bridgehead atoms. The summed E-state index contributed by atoms with van der Waals surface area (Å²) in [6.07, 6.45) is 1.00. The van der Waals surface area contributed by atoms with Crippen molar-refractivity contribution in [3.05, 3.63) is 41.3 Å². The smallest absolute Gasteiger partial charge is 0.136 e. The van der Waals surface area contributed by atoms with E-state index in [4.69, 9.17) is 5.73 Å². The lowest BCUT2D eigenvalue weighted by Gasteiger charge is -2.05. The third-order valence-electron chi connectivity index (χ3n) is 2.82. The van der Waals surface area contributed by atoms with Crippen molar-refractivity contribution < 1.29 is 5.11 Å². The number of aliphatic hydroxyl groups is 1. The van der Waals surface area contributed by atoms with Crippen LogP contribution in [-0.2, 0) is 0 Å². The summed E-state index contributed by atoms with van der Waals surface area (Å²) in [7, 11) is 0. The number of aliphatic hydroxyl groups excluding tert-OH is 1. The minimum atomic E-state index is -0.728. The lowest BCUT2D eigenvalue weighted by molar-refractivity contribution is 0.177. The van der Waals surface area contributed by atoms with Crippen molar-refractivity contribution in [3.63, 3.8) is 0 Å². The monoisotopic (exact) mass is 231 g/mol. The molecule has 0 aliphatic rings. The molecular weight excluding hydrogens is 214 g/mol. The van der Waals surface area contributed by atoms with E-state index in [1.807, 2.05) is 0 Å². The van der Waals surface area contributed by atoms with Crippen LogP contribution in [0.25, 0.3) is 11.3 Å². The van der Waals surface area contributed by atoms with Crippen LogP contribution in [0.4, 0.5) is 0 Å². The Morgan fingerprint density at radius 2 is 2.18 bits per heavy atom. The molecule has 0 fully saturated rings. The number of aromatic amines is 1. The highest BCUT2D eigenvalue weighted by atomic mass is 16.3. The van der Waals surface area contributed by atoms with E-state index >= 15 is 0 Å². The molecule has 0 amide bonds. The molecule has 2 rings (SSSR count). The first-order valence-corrected chi connectivity index (χ1v) is 5.62. The van der Waals surface area contributed by atoms with E-state index in [0.29, 0.717) is 5.82 Å². The van der Waals surface area contributed by atoms with Gasteiger partial charge in [0.15, 0.2) is 0 Å². The van der Waals surface area contributed by atoms with Gasteiger partial charge in [0.05, 0.1) is 11.9 Å². The van der Waals surface area contributed by atoms with Gasteiger partial charge in [-0.15, -0.1) is 0 Å². The van der Waals surface area contributed by atoms with Crippen molar-refractivity contribution in [2.45, 2.75) is 20.0 Å². The predicted molar refractivity (Wildman–Crippen MR) is 67.5 cm³/mol. The van der Waals surface area contributed by atoms with Gasteiger partial charge < -0.3 is 15.8 Å². The average molecular weight is 231 g/mol. The third kappa shape index (κ3) is 2.38. The van der Waals surface area contributed by atoms with Crippen molar-refractivity contribution >= 4 is 0 Å². The number of aryl methyl sites for hydroxylation is 2. The fourth-order valence-corrected chi connectivity index (χ4v) is 1.78. The Bertz CT molecular complexity index is 519. The number of benzene rings is 1. The van der Waals surface area contributed by atoms with Gasteiger partial charge in [-0.1, -0.05) is 17.7 Å². The van der Waals surface area contributed by atoms with E-state index in [1.165, 1.54) is 11.1 Å². The largest absolute Gasteiger partial charge is 0.384 e. The van der Waals surface area contributed by atoms with Gasteiger partial charge in [0, 0.05) is 12.1 Å². The molecule has 0 saturated carbocycles. The second-order valence-corrected chi connectivity index (χ2v) is 4.25. The average Bonchev–Trinajstić information content (AvgIpc) is 2.80. The highest BCUT2D eigenvalue weighted by Gasteiger charge is 2.11. The van der Waals surface area contributed by atoms with Crippen molar-refractivity contribution in [2.24, 2.45) is 5.73 Å². The predicted octanol–water partition coefficient (Wildman–Crippen LogP) is 1.69. The molecule has 1 aromatic heterocycles. The molecule has 0 aliphatic carbocycles. The van der Waals surface area contributed by atoms with E-state index in [0.717, 1.165) is 11.3 Å². The van der Waals surface area contributed by atoms with Gasteiger partial charge in [-0.25, -0.2) is 4.98 Å². The number of nitrogens with one attached hydrogen (secondary N) is 1. The van der Waals surface area contributed by atoms with E-state index in [1.54, 1.807) is 6.20 Å². The molecule has 90 valence electrons. The summed E-state index contributed by atoms with van der Waals surface area (Å²) in [5.41, 5.74) is 9.78. The van der Waals surface area contributed by atoms with Crippen molar-refractivity contribution in [2.75, 3.05) is 6.54 Å². The molecule has 0 spiro atoms. The van der Waals surface area contributed by atoms with Gasteiger partial charge in [0.2, 0.25) is 0 Å². The van der Waals surface area contributed by atoms with Gasteiger partial charge in [0.1, 0.15) is 11.9 Å². The fraction of sp³-hybridized carbons (Fsp3) is 0.308. The van der Waals surface area contributed by atoms with Crippen LogP contribution in [0.1, 0.15) is 23.1 Å². The molecule has 1 aromatic carbocycles. The van der Waals surface area contributed by atoms with E-state index in [9.17, 15) is 5.11 Å². The third-order valence-corrected chi connectivity index (χ3v) is 2.82. The quantitative estimate of drug-likeness (QED) is 0.752. The minimum Gasteiger partial charge on any atom is -0.384 e. The Hall–Kier alpha value is -1.65. The topological polar surface area (TPSA) is 74.9 Å². The molecule has 0 radical (unpaired) electrons. The Labute approximate surface area is 101 Å². The number of hydrogen-bond acceptors (Lipinski definition) is 3. The molecule has 1 unspecified atom stereocenters. The Morgan fingerprint density at radius 1 is 1.41 bits per heavy atom. The molecule has 0 aliphatic heterocycles. The number of imidazole rings is 1. The lowest BCUT2D eigenvalue weighted by atomic mass is 10.0. The number of H-pyrrole nitrogens is 1. The zero-order chi connectivity index (χ0) is 12.4. The van der Waals surface area contributed by atoms with Crippen molar-refractivity contribution in [1.82, 2.24) is 9.97 Å². The van der Waals surface area contributed by atoms with Gasteiger partial charge >= 0.3 is 0 Å².